The highest BCUT2D eigenvalue weighted by Gasteiger charge is 2.35. The summed E-state index contributed by atoms with van der Waals surface area (Å²) in [7, 11) is -21.1. The van der Waals surface area contributed by atoms with Gasteiger partial charge in [0.05, 0.1) is 23.7 Å². The van der Waals surface area contributed by atoms with Crippen LogP contribution in [-0.4, -0.2) is 178 Å². The van der Waals surface area contributed by atoms with Gasteiger partial charge < -0.3 is 35.8 Å². The van der Waals surface area contributed by atoms with Gasteiger partial charge in [-0.3, -0.25) is 47.1 Å². The largest absolute Gasteiger partial charge is 0.494 e. The Morgan fingerprint density at radius 3 is 1.45 bits per heavy atom. The minimum absolute atomic E-state index is 0.0230. The van der Waals surface area contributed by atoms with Crippen LogP contribution in [-0.2, 0) is 63.2 Å². The number of benzene rings is 1. The molecular weight excluding hydrogens is 1080 g/mol. The molecule has 0 aliphatic carbocycles. The Morgan fingerprint density at radius 1 is 0.640 bits per heavy atom. The zero-order valence-corrected chi connectivity index (χ0v) is 46.4. The SMILES string of the molecule is Cc1cc(CN2CCN(Cc3cc(C)cc(P(C)(=O)O)n3)CCN(Cc3cc(C#Cc4ccc(OCCCNC(=O)C(CNC(=O)C(CN)S(=O)(=O)O)S(=O)(=O)O)cc4)cc(P(C)(=O)O)n3)CC2)nc(P(C)(=O)O)c1. The van der Waals surface area contributed by atoms with Crippen molar-refractivity contribution in [2.75, 3.05) is 85.5 Å². The summed E-state index contributed by atoms with van der Waals surface area (Å²) in [4.78, 5) is 76.4. The fraction of sp³-hybridized carbons (Fsp3) is 0.457. The molecule has 0 bridgehead atoms. The van der Waals surface area contributed by atoms with E-state index in [2.05, 4.69) is 46.8 Å². The molecule has 29 heteroatoms. The number of amides is 2. The second-order valence-electron chi connectivity index (χ2n) is 18.4. The van der Waals surface area contributed by atoms with Crippen molar-refractivity contribution in [2.24, 2.45) is 5.73 Å². The number of hydrogen-bond acceptors (Lipinski definition) is 17. The van der Waals surface area contributed by atoms with Gasteiger partial charge in [-0.25, -0.2) is 15.0 Å². The van der Waals surface area contributed by atoms with E-state index in [0.717, 1.165) is 11.1 Å². The molecule has 5 atom stereocenters. The van der Waals surface area contributed by atoms with Gasteiger partial charge in [-0.1, -0.05) is 11.8 Å². The molecule has 5 rings (SSSR count). The first-order chi connectivity index (χ1) is 34.9. The van der Waals surface area contributed by atoms with E-state index in [4.69, 9.17) is 15.0 Å². The first kappa shape index (κ1) is 61.1. The molecule has 2 amide bonds. The Balaban J connectivity index is 1.27. The van der Waals surface area contributed by atoms with E-state index in [1.54, 1.807) is 42.5 Å². The Morgan fingerprint density at radius 2 is 1.04 bits per heavy atom. The molecule has 9 N–H and O–H groups in total. The summed E-state index contributed by atoms with van der Waals surface area (Å²) in [5, 5.41) is -0.129. The smallest absolute Gasteiger partial charge is 0.278 e. The Hall–Kier alpha value is -4.80. The van der Waals surface area contributed by atoms with Gasteiger partial charge in [-0.2, -0.15) is 16.8 Å². The zero-order chi connectivity index (χ0) is 55.5. The van der Waals surface area contributed by atoms with Gasteiger partial charge >= 0.3 is 0 Å². The van der Waals surface area contributed by atoms with Crippen LogP contribution in [0.2, 0.25) is 0 Å². The Labute approximate surface area is 436 Å². The molecule has 4 aromatic rings. The van der Waals surface area contributed by atoms with Crippen molar-refractivity contribution in [3.05, 3.63) is 100.0 Å². The molecule has 0 saturated carbocycles. The van der Waals surface area contributed by atoms with E-state index in [1.165, 1.54) is 26.1 Å². The maximum absolute atomic E-state index is 13.1. The van der Waals surface area contributed by atoms with E-state index in [1.807, 2.05) is 31.3 Å². The minimum atomic E-state index is -5.06. The third kappa shape index (κ3) is 19.6. The number of pyridine rings is 3. The van der Waals surface area contributed by atoms with E-state index in [9.17, 15) is 59.4 Å². The van der Waals surface area contributed by atoms with Gasteiger partial charge in [0.15, 0.2) is 10.5 Å². The third-order valence-electron chi connectivity index (χ3n) is 11.6. The van der Waals surface area contributed by atoms with Gasteiger partial charge in [0.1, 0.15) is 22.1 Å². The van der Waals surface area contributed by atoms with Crippen LogP contribution in [0.3, 0.4) is 0 Å². The van der Waals surface area contributed by atoms with Crippen LogP contribution >= 0.6 is 22.1 Å². The van der Waals surface area contributed by atoms with Gasteiger partial charge in [-0.05, 0) is 92.1 Å². The van der Waals surface area contributed by atoms with Crippen molar-refractivity contribution in [3.63, 3.8) is 0 Å². The number of ether oxygens (including phenoxy) is 1. The fourth-order valence-corrected chi connectivity index (χ4v) is 11.1. The van der Waals surface area contributed by atoms with E-state index in [0.29, 0.717) is 86.3 Å². The van der Waals surface area contributed by atoms with Gasteiger partial charge in [0.25, 0.3) is 20.2 Å². The summed E-state index contributed by atoms with van der Waals surface area (Å²) in [5.41, 5.74) is 9.82. The summed E-state index contributed by atoms with van der Waals surface area (Å²) in [6.45, 7) is 9.95. The number of carbonyl (C=O) groups is 2. The molecule has 4 heterocycles. The van der Waals surface area contributed by atoms with Gasteiger partial charge in [0, 0.05) is 110 Å². The van der Waals surface area contributed by atoms with E-state index >= 15 is 0 Å². The van der Waals surface area contributed by atoms with Crippen LogP contribution < -0.4 is 37.4 Å². The molecule has 410 valence electrons. The predicted molar refractivity (Wildman–Crippen MR) is 282 cm³/mol. The van der Waals surface area contributed by atoms with Crippen LogP contribution in [0, 0.1) is 25.7 Å². The molecule has 1 aliphatic rings. The average Bonchev–Trinajstić information content (AvgIpc) is 3.37. The van der Waals surface area contributed by atoms with Crippen LogP contribution in [0.5, 0.6) is 5.75 Å². The average molecular weight is 1140 g/mol. The first-order valence-corrected chi connectivity index (χ1v) is 32.7. The van der Waals surface area contributed by atoms with Crippen molar-refractivity contribution < 1.29 is 68.6 Å². The van der Waals surface area contributed by atoms with Gasteiger partial charge in [-0.15, -0.1) is 0 Å². The topological polar surface area (TPSA) is 362 Å². The quantitative estimate of drug-likeness (QED) is 0.0231. The Bertz CT molecular complexity index is 3060. The van der Waals surface area contributed by atoms with Crippen molar-refractivity contribution in [3.8, 4) is 17.6 Å². The molecule has 3 aromatic heterocycles. The Kier molecular flexibility index (Phi) is 21.2. The van der Waals surface area contributed by atoms with Crippen molar-refractivity contribution in [1.29, 1.82) is 0 Å². The predicted octanol–water partition coefficient (Wildman–Crippen LogP) is -0.242. The molecule has 0 radical (unpaired) electrons. The lowest BCUT2D eigenvalue weighted by Gasteiger charge is -2.26. The zero-order valence-electron chi connectivity index (χ0n) is 42.1. The summed E-state index contributed by atoms with van der Waals surface area (Å²) < 4.78 is 109. The lowest BCUT2D eigenvalue weighted by atomic mass is 10.1. The molecule has 75 heavy (non-hydrogen) atoms. The normalized spacial score (nSPS) is 17.5. The summed E-state index contributed by atoms with van der Waals surface area (Å²) >= 11 is 0. The van der Waals surface area contributed by atoms with Crippen molar-refractivity contribution >= 4 is 70.5 Å². The summed E-state index contributed by atoms with van der Waals surface area (Å²) in [6.07, 6.45) is 0.171. The summed E-state index contributed by atoms with van der Waals surface area (Å²) in [5.74, 6) is 4.00. The number of nitrogens with one attached hydrogen (secondary N) is 2. The number of nitrogens with two attached hydrogens (primary N) is 1. The maximum Gasteiger partial charge on any atom is 0.278 e. The number of carbonyl (C=O) groups excluding carboxylic acids is 2. The molecule has 1 aromatic carbocycles. The molecular formula is C46H64N9O15P3S2. The number of hydrogen-bond donors (Lipinski definition) is 8. The highest BCUT2D eigenvalue weighted by molar-refractivity contribution is 7.87. The van der Waals surface area contributed by atoms with Crippen LogP contribution in [0.25, 0.3) is 0 Å². The number of rotatable bonds is 21. The lowest BCUT2D eigenvalue weighted by Crippen LogP contribution is -2.51. The first-order valence-electron chi connectivity index (χ1n) is 23.4. The van der Waals surface area contributed by atoms with E-state index < -0.39 is 77.7 Å². The number of nitrogens with zero attached hydrogens (tertiary/aromatic N) is 6. The second kappa shape index (κ2) is 26.0. The molecule has 1 aliphatic heterocycles. The summed E-state index contributed by atoms with van der Waals surface area (Å²) in [6, 6.07) is 16.9. The maximum atomic E-state index is 13.1. The van der Waals surface area contributed by atoms with Crippen LogP contribution in [0.15, 0.2) is 60.7 Å². The molecule has 24 nitrogen and oxygen atoms in total. The lowest BCUT2D eigenvalue weighted by molar-refractivity contribution is -0.121. The number of aromatic nitrogens is 3. The number of aryl methyl sites for hydroxylation is 2. The van der Waals surface area contributed by atoms with Gasteiger partial charge in [0.2, 0.25) is 33.9 Å². The van der Waals surface area contributed by atoms with E-state index in [-0.39, 0.29) is 42.4 Å². The fourth-order valence-electron chi connectivity index (χ4n) is 7.68. The molecule has 1 fully saturated rings. The van der Waals surface area contributed by atoms with Crippen LogP contribution in [0.4, 0.5) is 0 Å². The third-order valence-corrected chi connectivity index (χ3v) is 17.1. The highest BCUT2D eigenvalue weighted by Crippen LogP contribution is 2.35. The van der Waals surface area contributed by atoms with Crippen LogP contribution in [0.1, 0.15) is 45.8 Å². The minimum Gasteiger partial charge on any atom is -0.494 e. The molecule has 5 unspecified atom stereocenters. The molecule has 1 saturated heterocycles. The monoisotopic (exact) mass is 1140 g/mol. The highest BCUT2D eigenvalue weighted by atomic mass is 32.2. The van der Waals surface area contributed by atoms with Crippen molar-refractivity contribution in [2.45, 2.75) is 50.4 Å². The van der Waals surface area contributed by atoms with Crippen molar-refractivity contribution in [1.82, 2.24) is 40.3 Å². The standard InChI is InChI=1S/C46H64N9O15P3S2/c1-32-21-36(50-42(23-32)71(3,58)59)29-53-14-15-54(30-37-22-33(2)24-43(51-37)72(4,60)61)17-19-55(18-16-53)31-38-25-35(26-44(52-38)73(5,62)63)8-7-34-9-11-39(12-10-34)70-20-6-13-48-46(57)41(75(67,68)69)28-49-45(56)40(27-47)74(64,65)66/h9-12,21-26,40-41H,6,13-20,27-31,47H2,1-5H3,(H,48,57)(H,49,56)(H,58,59)(H,60,61)(H,62,63)(H,64,65,66)(H,67,68,69). The molecule has 0 spiro atoms. The second-order valence-corrected chi connectivity index (χ2v) is 28.3.